The first kappa shape index (κ1) is 15.7. The molecule has 0 saturated carbocycles. The minimum Gasteiger partial charge on any atom is -0.339 e. The second-order valence-electron chi connectivity index (χ2n) is 6.47. The highest BCUT2D eigenvalue weighted by Crippen LogP contribution is 2.22. The fourth-order valence-corrected chi connectivity index (χ4v) is 3.43. The lowest BCUT2D eigenvalue weighted by molar-refractivity contribution is -0.133. The fraction of sp³-hybridized carbons (Fsp3) is 0.933. The Hall–Kier alpha value is -0.650. The standard InChI is InChI=1S/C15H30N4O/c1-12-4-5-13(2)19(12)11-8-17-6-9-18(10-7-17)15(20)14(3)16/h12-14H,4-11,16H2,1-3H3/t12-,13-,14-/m0/s1. The lowest BCUT2D eigenvalue weighted by Crippen LogP contribution is -2.53. The van der Waals surface area contributed by atoms with Crippen LogP contribution in [0.4, 0.5) is 0 Å². The predicted molar refractivity (Wildman–Crippen MR) is 81.5 cm³/mol. The smallest absolute Gasteiger partial charge is 0.239 e. The van der Waals surface area contributed by atoms with E-state index >= 15 is 0 Å². The average molecular weight is 282 g/mol. The molecule has 0 aliphatic carbocycles. The van der Waals surface area contributed by atoms with Crippen LogP contribution in [0.1, 0.15) is 33.6 Å². The van der Waals surface area contributed by atoms with Gasteiger partial charge in [0.1, 0.15) is 0 Å². The molecule has 0 spiro atoms. The Bertz CT molecular complexity index is 316. The molecule has 0 unspecified atom stereocenters. The van der Waals surface area contributed by atoms with Crippen LogP contribution in [0.25, 0.3) is 0 Å². The predicted octanol–water partition coefficient (Wildman–Crippen LogP) is 0.351. The van der Waals surface area contributed by atoms with Crippen molar-refractivity contribution in [3.63, 3.8) is 0 Å². The van der Waals surface area contributed by atoms with Crippen molar-refractivity contribution in [3.8, 4) is 0 Å². The normalized spacial score (nSPS) is 30.7. The van der Waals surface area contributed by atoms with Crippen molar-refractivity contribution in [3.05, 3.63) is 0 Å². The van der Waals surface area contributed by atoms with E-state index in [1.807, 2.05) is 4.90 Å². The van der Waals surface area contributed by atoms with E-state index < -0.39 is 0 Å². The molecule has 116 valence electrons. The first-order valence-corrected chi connectivity index (χ1v) is 8.01. The Morgan fingerprint density at radius 2 is 1.65 bits per heavy atom. The van der Waals surface area contributed by atoms with E-state index in [9.17, 15) is 4.79 Å². The van der Waals surface area contributed by atoms with E-state index in [2.05, 4.69) is 23.6 Å². The van der Waals surface area contributed by atoms with Gasteiger partial charge in [-0.3, -0.25) is 14.6 Å². The zero-order chi connectivity index (χ0) is 14.7. The maximum atomic E-state index is 11.8. The minimum absolute atomic E-state index is 0.0893. The molecule has 2 heterocycles. The summed E-state index contributed by atoms with van der Waals surface area (Å²) in [5.74, 6) is 0.0893. The van der Waals surface area contributed by atoms with E-state index in [4.69, 9.17) is 5.73 Å². The van der Waals surface area contributed by atoms with E-state index in [0.29, 0.717) is 0 Å². The van der Waals surface area contributed by atoms with E-state index in [-0.39, 0.29) is 11.9 Å². The molecule has 2 saturated heterocycles. The summed E-state index contributed by atoms with van der Waals surface area (Å²) in [5, 5.41) is 0. The van der Waals surface area contributed by atoms with Crippen LogP contribution in [0.5, 0.6) is 0 Å². The highest BCUT2D eigenvalue weighted by molar-refractivity contribution is 5.81. The van der Waals surface area contributed by atoms with Crippen molar-refractivity contribution in [2.45, 2.75) is 51.7 Å². The molecule has 3 atom stereocenters. The maximum absolute atomic E-state index is 11.8. The van der Waals surface area contributed by atoms with Gasteiger partial charge in [-0.1, -0.05) is 0 Å². The lowest BCUT2D eigenvalue weighted by Gasteiger charge is -2.37. The number of carbonyl (C=O) groups is 1. The van der Waals surface area contributed by atoms with Crippen LogP contribution >= 0.6 is 0 Å². The quantitative estimate of drug-likeness (QED) is 0.808. The number of likely N-dealkylation sites (tertiary alicyclic amines) is 1. The van der Waals surface area contributed by atoms with Gasteiger partial charge in [0.05, 0.1) is 6.04 Å². The average Bonchev–Trinajstić information content (AvgIpc) is 2.75. The second-order valence-corrected chi connectivity index (χ2v) is 6.47. The SMILES string of the molecule is C[C@H](N)C(=O)N1CCN(CCN2[C@@H](C)CC[C@@H]2C)CC1. The van der Waals surface area contributed by atoms with Crippen molar-refractivity contribution in [2.75, 3.05) is 39.3 Å². The number of nitrogens with zero attached hydrogens (tertiary/aromatic N) is 3. The number of nitrogens with two attached hydrogens (primary N) is 1. The zero-order valence-corrected chi connectivity index (χ0v) is 13.2. The van der Waals surface area contributed by atoms with Crippen LogP contribution in [0.15, 0.2) is 0 Å². The summed E-state index contributed by atoms with van der Waals surface area (Å²) in [6.45, 7) is 12.3. The molecular formula is C15H30N4O. The number of rotatable bonds is 4. The van der Waals surface area contributed by atoms with Crippen molar-refractivity contribution in [1.29, 1.82) is 0 Å². The van der Waals surface area contributed by atoms with Crippen LogP contribution in [-0.2, 0) is 4.79 Å². The zero-order valence-electron chi connectivity index (χ0n) is 13.2. The Morgan fingerprint density at radius 1 is 1.10 bits per heavy atom. The molecule has 2 fully saturated rings. The van der Waals surface area contributed by atoms with Gasteiger partial charge in [0.15, 0.2) is 0 Å². The van der Waals surface area contributed by atoms with E-state index in [1.54, 1.807) is 6.92 Å². The number of hydrogen-bond donors (Lipinski definition) is 1. The number of hydrogen-bond acceptors (Lipinski definition) is 4. The minimum atomic E-state index is -0.368. The summed E-state index contributed by atoms with van der Waals surface area (Å²) in [4.78, 5) is 18.8. The molecule has 2 aliphatic heterocycles. The Morgan fingerprint density at radius 3 is 2.15 bits per heavy atom. The summed E-state index contributed by atoms with van der Waals surface area (Å²) < 4.78 is 0. The van der Waals surface area contributed by atoms with Crippen LogP contribution in [0, 0.1) is 0 Å². The van der Waals surface area contributed by atoms with Gasteiger partial charge >= 0.3 is 0 Å². The maximum Gasteiger partial charge on any atom is 0.239 e. The number of piperazine rings is 1. The summed E-state index contributed by atoms with van der Waals surface area (Å²) in [7, 11) is 0. The summed E-state index contributed by atoms with van der Waals surface area (Å²) >= 11 is 0. The van der Waals surface area contributed by atoms with Crippen molar-refractivity contribution >= 4 is 5.91 Å². The summed E-state index contributed by atoms with van der Waals surface area (Å²) in [6.07, 6.45) is 2.66. The monoisotopic (exact) mass is 282 g/mol. The third-order valence-electron chi connectivity index (χ3n) is 4.88. The van der Waals surface area contributed by atoms with Crippen molar-refractivity contribution < 1.29 is 4.79 Å². The van der Waals surface area contributed by atoms with Crippen molar-refractivity contribution in [2.24, 2.45) is 5.73 Å². The molecule has 5 heteroatoms. The molecule has 0 aromatic heterocycles. The van der Waals surface area contributed by atoms with Gasteiger partial charge in [-0.25, -0.2) is 0 Å². The van der Waals surface area contributed by atoms with Gasteiger partial charge in [-0.05, 0) is 33.6 Å². The molecule has 20 heavy (non-hydrogen) atoms. The number of amides is 1. The fourth-order valence-electron chi connectivity index (χ4n) is 3.43. The molecule has 0 bridgehead atoms. The lowest BCUT2D eigenvalue weighted by atomic mass is 10.2. The van der Waals surface area contributed by atoms with Gasteiger partial charge in [0, 0.05) is 51.4 Å². The molecule has 0 radical (unpaired) electrons. The van der Waals surface area contributed by atoms with Crippen LogP contribution < -0.4 is 5.73 Å². The third kappa shape index (κ3) is 3.71. The molecule has 0 aromatic carbocycles. The molecule has 2 N–H and O–H groups in total. The molecule has 2 aliphatic rings. The van der Waals surface area contributed by atoms with Crippen LogP contribution in [0.3, 0.4) is 0 Å². The van der Waals surface area contributed by atoms with Crippen LogP contribution in [-0.4, -0.2) is 78.0 Å². The van der Waals surface area contributed by atoms with Gasteiger partial charge in [-0.15, -0.1) is 0 Å². The van der Waals surface area contributed by atoms with Crippen LogP contribution in [0.2, 0.25) is 0 Å². The molecule has 5 nitrogen and oxygen atoms in total. The van der Waals surface area contributed by atoms with E-state index in [0.717, 1.165) is 51.4 Å². The van der Waals surface area contributed by atoms with Gasteiger partial charge in [0.2, 0.25) is 5.91 Å². The summed E-state index contributed by atoms with van der Waals surface area (Å²) in [6, 6.07) is 1.09. The van der Waals surface area contributed by atoms with E-state index in [1.165, 1.54) is 12.8 Å². The second kappa shape index (κ2) is 6.87. The topological polar surface area (TPSA) is 52.8 Å². The van der Waals surface area contributed by atoms with Gasteiger partial charge in [0.25, 0.3) is 0 Å². The van der Waals surface area contributed by atoms with Gasteiger partial charge < -0.3 is 10.6 Å². The Kier molecular flexibility index (Phi) is 5.41. The highest BCUT2D eigenvalue weighted by Gasteiger charge is 2.28. The largest absolute Gasteiger partial charge is 0.339 e. The molecular weight excluding hydrogens is 252 g/mol. The molecule has 2 rings (SSSR count). The third-order valence-corrected chi connectivity index (χ3v) is 4.88. The molecule has 0 aromatic rings. The van der Waals surface area contributed by atoms with Gasteiger partial charge in [-0.2, -0.15) is 0 Å². The first-order valence-electron chi connectivity index (χ1n) is 8.01. The highest BCUT2D eigenvalue weighted by atomic mass is 16.2. The number of carbonyl (C=O) groups excluding carboxylic acids is 1. The van der Waals surface area contributed by atoms with Crippen molar-refractivity contribution in [1.82, 2.24) is 14.7 Å². The Labute approximate surface area is 123 Å². The molecule has 1 amide bonds. The first-order chi connectivity index (χ1) is 9.49. The Balaban J connectivity index is 1.71. The summed E-state index contributed by atoms with van der Waals surface area (Å²) in [5.41, 5.74) is 5.66.